The van der Waals surface area contributed by atoms with Crippen LogP contribution in [0, 0.1) is 10.1 Å². The minimum Gasteiger partial charge on any atom is -0.372 e. The molecule has 1 atom stereocenters. The maximum absolute atomic E-state index is 11.7. The van der Waals surface area contributed by atoms with Crippen molar-refractivity contribution in [2.45, 2.75) is 17.9 Å². The molecule has 118 valence electrons. The van der Waals surface area contributed by atoms with E-state index in [0.717, 1.165) is 10.9 Å². The van der Waals surface area contributed by atoms with Crippen molar-refractivity contribution >= 4 is 32.7 Å². The average Bonchev–Trinajstić information content (AvgIpc) is 3.01. The molecule has 0 aliphatic rings. The van der Waals surface area contributed by atoms with Gasteiger partial charge < -0.3 is 5.32 Å². The molecule has 0 radical (unpaired) electrons. The SMILES string of the molecule is CNS(=O)(=O)c1ccc(N[C@@H](C)c2cccs2)c([N+](=O)[O-])c1. The summed E-state index contributed by atoms with van der Waals surface area (Å²) in [5.41, 5.74) is 0.000634. The van der Waals surface area contributed by atoms with Crippen molar-refractivity contribution in [3.63, 3.8) is 0 Å². The highest BCUT2D eigenvalue weighted by Crippen LogP contribution is 2.31. The molecule has 1 aromatic heterocycles. The number of sulfonamides is 1. The number of nitrogens with zero attached hydrogens (tertiary/aromatic N) is 1. The molecule has 22 heavy (non-hydrogen) atoms. The predicted molar refractivity (Wildman–Crippen MR) is 85.7 cm³/mol. The first-order valence-corrected chi connectivity index (χ1v) is 8.73. The maximum atomic E-state index is 11.7. The van der Waals surface area contributed by atoms with Crippen LogP contribution in [0.5, 0.6) is 0 Å². The van der Waals surface area contributed by atoms with Gasteiger partial charge in [-0.2, -0.15) is 0 Å². The second kappa shape index (κ2) is 6.42. The fourth-order valence-electron chi connectivity index (χ4n) is 1.91. The molecule has 0 aliphatic carbocycles. The molecule has 0 aliphatic heterocycles. The lowest BCUT2D eigenvalue weighted by Gasteiger charge is -2.14. The quantitative estimate of drug-likeness (QED) is 0.621. The van der Waals surface area contributed by atoms with Crippen LogP contribution in [0.15, 0.2) is 40.6 Å². The van der Waals surface area contributed by atoms with Crippen LogP contribution in [-0.2, 0) is 10.0 Å². The summed E-state index contributed by atoms with van der Waals surface area (Å²) in [7, 11) is -2.47. The fraction of sp³-hybridized carbons (Fsp3) is 0.231. The molecule has 7 nitrogen and oxygen atoms in total. The highest BCUT2D eigenvalue weighted by molar-refractivity contribution is 7.89. The molecular formula is C13H15N3O4S2. The van der Waals surface area contributed by atoms with Crippen LogP contribution in [0.2, 0.25) is 0 Å². The Morgan fingerprint density at radius 3 is 2.59 bits per heavy atom. The molecule has 2 N–H and O–H groups in total. The van der Waals surface area contributed by atoms with Crippen LogP contribution in [-0.4, -0.2) is 20.4 Å². The molecular weight excluding hydrogens is 326 g/mol. The Kier molecular flexibility index (Phi) is 4.79. The molecule has 0 fully saturated rings. The van der Waals surface area contributed by atoms with Gasteiger partial charge in [-0.3, -0.25) is 10.1 Å². The van der Waals surface area contributed by atoms with Crippen LogP contribution < -0.4 is 10.0 Å². The van der Waals surface area contributed by atoms with E-state index in [9.17, 15) is 18.5 Å². The lowest BCUT2D eigenvalue weighted by Crippen LogP contribution is -2.19. The van der Waals surface area contributed by atoms with Gasteiger partial charge in [0.25, 0.3) is 5.69 Å². The van der Waals surface area contributed by atoms with E-state index in [4.69, 9.17) is 0 Å². The molecule has 2 aromatic rings. The Morgan fingerprint density at radius 1 is 1.32 bits per heavy atom. The fourth-order valence-corrected chi connectivity index (χ4v) is 3.40. The van der Waals surface area contributed by atoms with Crippen molar-refractivity contribution in [2.24, 2.45) is 0 Å². The summed E-state index contributed by atoms with van der Waals surface area (Å²) >= 11 is 1.54. The van der Waals surface area contributed by atoms with Crippen LogP contribution >= 0.6 is 11.3 Å². The number of nitro groups is 1. The Morgan fingerprint density at radius 2 is 2.05 bits per heavy atom. The van der Waals surface area contributed by atoms with E-state index in [-0.39, 0.29) is 22.3 Å². The highest BCUT2D eigenvalue weighted by atomic mass is 32.2. The lowest BCUT2D eigenvalue weighted by atomic mass is 10.2. The van der Waals surface area contributed by atoms with E-state index in [1.807, 2.05) is 24.4 Å². The van der Waals surface area contributed by atoms with E-state index in [2.05, 4.69) is 10.0 Å². The van der Waals surface area contributed by atoms with E-state index in [1.54, 1.807) is 0 Å². The number of nitrogens with one attached hydrogen (secondary N) is 2. The van der Waals surface area contributed by atoms with Gasteiger partial charge in [0.1, 0.15) is 5.69 Å². The van der Waals surface area contributed by atoms with Crippen LogP contribution in [0.25, 0.3) is 0 Å². The molecule has 1 aromatic carbocycles. The van der Waals surface area contributed by atoms with Gasteiger partial charge in [-0.15, -0.1) is 11.3 Å². The number of hydrogen-bond donors (Lipinski definition) is 2. The summed E-state index contributed by atoms with van der Waals surface area (Å²) in [5.74, 6) is 0. The second-order valence-electron chi connectivity index (χ2n) is 4.53. The van der Waals surface area contributed by atoms with Crippen LogP contribution in [0.3, 0.4) is 0 Å². The average molecular weight is 341 g/mol. The van der Waals surface area contributed by atoms with Gasteiger partial charge in [0, 0.05) is 10.9 Å². The van der Waals surface area contributed by atoms with E-state index < -0.39 is 14.9 Å². The third-order valence-electron chi connectivity index (χ3n) is 3.09. The van der Waals surface area contributed by atoms with Crippen molar-refractivity contribution < 1.29 is 13.3 Å². The monoisotopic (exact) mass is 341 g/mol. The van der Waals surface area contributed by atoms with Crippen LogP contribution in [0.4, 0.5) is 11.4 Å². The molecule has 9 heteroatoms. The number of nitro benzene ring substituents is 1. The Labute approximate surface area is 132 Å². The lowest BCUT2D eigenvalue weighted by molar-refractivity contribution is -0.384. The molecule has 0 spiro atoms. The number of rotatable bonds is 6. The molecule has 1 heterocycles. The van der Waals surface area contributed by atoms with Crippen molar-refractivity contribution in [1.29, 1.82) is 0 Å². The van der Waals surface area contributed by atoms with Crippen molar-refractivity contribution in [3.8, 4) is 0 Å². The first kappa shape index (κ1) is 16.4. The summed E-state index contributed by atoms with van der Waals surface area (Å²) in [6.07, 6.45) is 0. The zero-order chi connectivity index (χ0) is 16.3. The van der Waals surface area contributed by atoms with Gasteiger partial charge in [0.2, 0.25) is 10.0 Å². The zero-order valence-electron chi connectivity index (χ0n) is 11.9. The molecule has 0 bridgehead atoms. The summed E-state index contributed by atoms with van der Waals surface area (Å²) in [6.45, 7) is 1.88. The number of hydrogen-bond acceptors (Lipinski definition) is 6. The van der Waals surface area contributed by atoms with E-state index in [1.165, 1.54) is 30.5 Å². The maximum Gasteiger partial charge on any atom is 0.293 e. The molecule has 2 rings (SSSR count). The summed E-state index contributed by atoms with van der Waals surface area (Å²) < 4.78 is 25.6. The minimum absolute atomic E-state index is 0.120. The third kappa shape index (κ3) is 3.43. The van der Waals surface area contributed by atoms with Crippen LogP contribution in [0.1, 0.15) is 17.8 Å². The summed E-state index contributed by atoms with van der Waals surface area (Å²) in [6, 6.07) is 7.50. The van der Waals surface area contributed by atoms with Gasteiger partial charge in [0.15, 0.2) is 0 Å². The smallest absolute Gasteiger partial charge is 0.293 e. The minimum atomic E-state index is -3.72. The predicted octanol–water partition coefficient (Wildman–Crippen LogP) is 2.74. The van der Waals surface area contributed by atoms with Gasteiger partial charge >= 0.3 is 0 Å². The first-order chi connectivity index (χ1) is 10.3. The standard InChI is InChI=1S/C13H15N3O4S2/c1-9(13-4-3-7-21-13)15-11-6-5-10(22(19,20)14-2)8-12(11)16(17)18/h3-9,14-15H,1-2H3/t9-/m0/s1. The van der Waals surface area contributed by atoms with E-state index in [0.29, 0.717) is 0 Å². The first-order valence-electron chi connectivity index (χ1n) is 6.37. The Bertz CT molecular complexity index is 773. The Hall–Kier alpha value is -1.97. The van der Waals surface area contributed by atoms with Gasteiger partial charge in [0.05, 0.1) is 15.9 Å². The van der Waals surface area contributed by atoms with Crippen molar-refractivity contribution in [2.75, 3.05) is 12.4 Å². The molecule has 0 amide bonds. The highest BCUT2D eigenvalue weighted by Gasteiger charge is 2.21. The van der Waals surface area contributed by atoms with E-state index >= 15 is 0 Å². The van der Waals surface area contributed by atoms with Crippen molar-refractivity contribution in [1.82, 2.24) is 4.72 Å². The summed E-state index contributed by atoms with van der Waals surface area (Å²) in [5, 5.41) is 16.2. The van der Waals surface area contributed by atoms with Gasteiger partial charge in [-0.05, 0) is 37.6 Å². The Balaban J connectivity index is 2.38. The van der Waals surface area contributed by atoms with Gasteiger partial charge in [-0.25, -0.2) is 13.1 Å². The number of anilines is 1. The molecule has 0 unspecified atom stereocenters. The molecule has 0 saturated heterocycles. The number of thiophene rings is 1. The topological polar surface area (TPSA) is 101 Å². The zero-order valence-corrected chi connectivity index (χ0v) is 13.6. The molecule has 0 saturated carbocycles. The number of benzene rings is 1. The largest absolute Gasteiger partial charge is 0.372 e. The normalized spacial score (nSPS) is 12.8. The van der Waals surface area contributed by atoms with Gasteiger partial charge in [-0.1, -0.05) is 6.07 Å². The summed E-state index contributed by atoms with van der Waals surface area (Å²) in [4.78, 5) is 11.5. The second-order valence-corrected chi connectivity index (χ2v) is 7.39. The van der Waals surface area contributed by atoms with Crippen molar-refractivity contribution in [3.05, 3.63) is 50.7 Å². The third-order valence-corrected chi connectivity index (χ3v) is 5.55.